The molecule has 0 spiro atoms. The number of hydrogen-bond donors (Lipinski definition) is 1. The Balaban J connectivity index is 1.99. The van der Waals surface area contributed by atoms with Crippen molar-refractivity contribution in [3.63, 3.8) is 0 Å². The lowest BCUT2D eigenvalue weighted by Gasteiger charge is -2.29. The number of methoxy groups -OCH3 is 1. The molecule has 0 aromatic heterocycles. The summed E-state index contributed by atoms with van der Waals surface area (Å²) in [5, 5.41) is 2.62. The summed E-state index contributed by atoms with van der Waals surface area (Å²) >= 11 is 5.24. The fourth-order valence-electron chi connectivity index (χ4n) is 2.86. The Bertz CT molecular complexity index is 984. The third kappa shape index (κ3) is 3.89. The van der Waals surface area contributed by atoms with E-state index >= 15 is 0 Å². The Kier molecular flexibility index (Phi) is 5.75. The number of ether oxygens (including phenoxy) is 2. The highest BCUT2D eigenvalue weighted by atomic mass is 32.1. The fourth-order valence-corrected chi connectivity index (χ4v) is 3.14. The molecule has 7 heteroatoms. The predicted octanol–water partition coefficient (Wildman–Crippen LogP) is 3.23. The van der Waals surface area contributed by atoms with Crippen molar-refractivity contribution in [3.8, 4) is 11.5 Å². The van der Waals surface area contributed by atoms with Crippen LogP contribution in [0.1, 0.15) is 18.1 Å². The zero-order valence-corrected chi connectivity index (χ0v) is 16.6. The normalized spacial score (nSPS) is 15.6. The maximum absolute atomic E-state index is 13.1. The number of anilines is 1. The first-order chi connectivity index (χ1) is 13.4. The number of thiocarbonyl (C=S) groups is 1. The highest BCUT2D eigenvalue weighted by Gasteiger charge is 2.34. The minimum atomic E-state index is -0.526. The lowest BCUT2D eigenvalue weighted by molar-refractivity contribution is -0.122. The number of carbonyl (C=O) groups excluding carboxylic acids is 2. The first-order valence-electron chi connectivity index (χ1n) is 8.73. The fraction of sp³-hybridized carbons (Fsp3) is 0.190. The van der Waals surface area contributed by atoms with Crippen molar-refractivity contribution in [2.24, 2.45) is 0 Å². The second-order valence-electron chi connectivity index (χ2n) is 6.11. The van der Waals surface area contributed by atoms with Crippen LogP contribution in [0, 0.1) is 6.92 Å². The van der Waals surface area contributed by atoms with Crippen LogP contribution < -0.4 is 19.7 Å². The van der Waals surface area contributed by atoms with Crippen LogP contribution in [-0.2, 0) is 9.59 Å². The van der Waals surface area contributed by atoms with Gasteiger partial charge in [-0.05, 0) is 67.5 Å². The van der Waals surface area contributed by atoms with E-state index in [1.165, 1.54) is 4.90 Å². The summed E-state index contributed by atoms with van der Waals surface area (Å²) in [6, 6.07) is 12.4. The monoisotopic (exact) mass is 396 g/mol. The molecule has 0 bridgehead atoms. The summed E-state index contributed by atoms with van der Waals surface area (Å²) in [5.74, 6) is 0.304. The van der Waals surface area contributed by atoms with Gasteiger partial charge in [-0.2, -0.15) is 0 Å². The summed E-state index contributed by atoms with van der Waals surface area (Å²) in [4.78, 5) is 26.8. The van der Waals surface area contributed by atoms with Crippen molar-refractivity contribution in [2.75, 3.05) is 18.6 Å². The van der Waals surface area contributed by atoms with E-state index in [1.54, 1.807) is 49.6 Å². The van der Waals surface area contributed by atoms with Crippen LogP contribution in [0.3, 0.4) is 0 Å². The van der Waals surface area contributed by atoms with Gasteiger partial charge >= 0.3 is 0 Å². The Morgan fingerprint density at radius 3 is 2.61 bits per heavy atom. The van der Waals surface area contributed by atoms with E-state index in [0.29, 0.717) is 23.8 Å². The molecule has 2 aromatic carbocycles. The van der Waals surface area contributed by atoms with Crippen molar-refractivity contribution in [1.82, 2.24) is 5.32 Å². The SMILES string of the molecule is CCOc1cccc(N2C(=O)C(=Cc3ccc(OC)cc3C)C(=O)NC2=S)c1. The Labute approximate surface area is 168 Å². The second kappa shape index (κ2) is 8.22. The first kappa shape index (κ1) is 19.6. The molecule has 1 saturated heterocycles. The van der Waals surface area contributed by atoms with Crippen molar-refractivity contribution in [3.05, 3.63) is 59.2 Å². The first-order valence-corrected chi connectivity index (χ1v) is 9.14. The van der Waals surface area contributed by atoms with E-state index in [0.717, 1.165) is 11.1 Å². The molecule has 2 amide bonds. The summed E-state index contributed by atoms with van der Waals surface area (Å²) < 4.78 is 10.7. The summed E-state index contributed by atoms with van der Waals surface area (Å²) in [6.45, 7) is 4.26. The van der Waals surface area contributed by atoms with E-state index in [9.17, 15) is 9.59 Å². The van der Waals surface area contributed by atoms with E-state index in [4.69, 9.17) is 21.7 Å². The van der Waals surface area contributed by atoms with Gasteiger partial charge in [0.2, 0.25) is 0 Å². The Hall–Kier alpha value is -3.19. The summed E-state index contributed by atoms with van der Waals surface area (Å²) in [5.41, 5.74) is 2.16. The van der Waals surface area contributed by atoms with Gasteiger partial charge in [-0.25, -0.2) is 0 Å². The van der Waals surface area contributed by atoms with Crippen LogP contribution in [0.4, 0.5) is 5.69 Å². The van der Waals surface area contributed by atoms with Crippen LogP contribution in [-0.4, -0.2) is 30.6 Å². The topological polar surface area (TPSA) is 67.9 Å². The molecule has 144 valence electrons. The Morgan fingerprint density at radius 1 is 1.14 bits per heavy atom. The molecule has 2 aromatic rings. The molecular weight excluding hydrogens is 376 g/mol. The molecule has 28 heavy (non-hydrogen) atoms. The molecule has 3 rings (SSSR count). The van der Waals surface area contributed by atoms with E-state index in [-0.39, 0.29) is 10.7 Å². The zero-order valence-electron chi connectivity index (χ0n) is 15.8. The number of nitrogens with zero attached hydrogens (tertiary/aromatic N) is 1. The third-order valence-electron chi connectivity index (χ3n) is 4.27. The molecule has 1 heterocycles. The number of carbonyl (C=O) groups is 2. The quantitative estimate of drug-likeness (QED) is 0.477. The molecule has 1 N–H and O–H groups in total. The highest BCUT2D eigenvalue weighted by molar-refractivity contribution is 7.80. The molecule has 0 unspecified atom stereocenters. The van der Waals surface area contributed by atoms with Gasteiger partial charge < -0.3 is 9.47 Å². The van der Waals surface area contributed by atoms with Gasteiger partial charge in [-0.3, -0.25) is 19.8 Å². The number of nitrogens with one attached hydrogen (secondary N) is 1. The summed E-state index contributed by atoms with van der Waals surface area (Å²) in [6.07, 6.45) is 1.56. The second-order valence-corrected chi connectivity index (χ2v) is 6.50. The van der Waals surface area contributed by atoms with Gasteiger partial charge in [-0.1, -0.05) is 12.1 Å². The molecule has 0 atom stereocenters. The van der Waals surface area contributed by atoms with Gasteiger partial charge in [0.05, 0.1) is 19.4 Å². The number of hydrogen-bond acceptors (Lipinski definition) is 5. The maximum Gasteiger partial charge on any atom is 0.270 e. The molecule has 0 saturated carbocycles. The highest BCUT2D eigenvalue weighted by Crippen LogP contribution is 2.26. The lowest BCUT2D eigenvalue weighted by Crippen LogP contribution is -2.54. The van der Waals surface area contributed by atoms with Crippen molar-refractivity contribution >= 4 is 40.9 Å². The zero-order chi connectivity index (χ0) is 20.3. The largest absolute Gasteiger partial charge is 0.497 e. The van der Waals surface area contributed by atoms with E-state index in [1.807, 2.05) is 19.9 Å². The lowest BCUT2D eigenvalue weighted by atomic mass is 10.0. The predicted molar refractivity (Wildman–Crippen MR) is 112 cm³/mol. The van der Waals surface area contributed by atoms with Crippen LogP contribution in [0.15, 0.2) is 48.0 Å². The molecule has 1 aliphatic heterocycles. The van der Waals surface area contributed by atoms with Crippen LogP contribution in [0.5, 0.6) is 11.5 Å². The van der Waals surface area contributed by atoms with Gasteiger partial charge in [0.1, 0.15) is 17.1 Å². The van der Waals surface area contributed by atoms with E-state index < -0.39 is 11.8 Å². The minimum absolute atomic E-state index is 0.00341. The molecule has 0 aliphatic carbocycles. The van der Waals surface area contributed by atoms with Crippen molar-refractivity contribution < 1.29 is 19.1 Å². The average molecular weight is 396 g/mol. The van der Waals surface area contributed by atoms with Gasteiger partial charge in [0.15, 0.2) is 5.11 Å². The van der Waals surface area contributed by atoms with E-state index in [2.05, 4.69) is 5.32 Å². The number of aryl methyl sites for hydroxylation is 1. The molecule has 1 aliphatic rings. The molecule has 6 nitrogen and oxygen atoms in total. The van der Waals surface area contributed by atoms with Crippen LogP contribution in [0.2, 0.25) is 0 Å². The number of rotatable bonds is 5. The van der Waals surface area contributed by atoms with Gasteiger partial charge in [0, 0.05) is 6.07 Å². The molecule has 1 fully saturated rings. The standard InChI is InChI=1S/C21H20N2O4S/c1-4-27-17-7-5-6-15(12-17)23-20(25)18(19(24)22-21(23)28)11-14-8-9-16(26-3)10-13(14)2/h5-12H,4H2,1-3H3,(H,22,24,28). The molecular formula is C21H20N2O4S. The van der Waals surface area contributed by atoms with Gasteiger partial charge in [0.25, 0.3) is 11.8 Å². The third-order valence-corrected chi connectivity index (χ3v) is 4.55. The van der Waals surface area contributed by atoms with Gasteiger partial charge in [-0.15, -0.1) is 0 Å². The average Bonchev–Trinajstić information content (AvgIpc) is 2.66. The number of benzene rings is 2. The maximum atomic E-state index is 13.1. The van der Waals surface area contributed by atoms with Crippen molar-refractivity contribution in [2.45, 2.75) is 13.8 Å². The van der Waals surface area contributed by atoms with Crippen LogP contribution in [0.25, 0.3) is 6.08 Å². The Morgan fingerprint density at radius 2 is 1.93 bits per heavy atom. The minimum Gasteiger partial charge on any atom is -0.497 e. The van der Waals surface area contributed by atoms with Crippen LogP contribution >= 0.6 is 12.2 Å². The number of amides is 2. The molecule has 0 radical (unpaired) electrons. The van der Waals surface area contributed by atoms with Crippen molar-refractivity contribution in [1.29, 1.82) is 0 Å². The smallest absolute Gasteiger partial charge is 0.270 e. The summed E-state index contributed by atoms with van der Waals surface area (Å²) in [7, 11) is 1.58.